The van der Waals surface area contributed by atoms with Gasteiger partial charge < -0.3 is 15.0 Å². The number of nitrogens with one attached hydrogen (secondary N) is 1. The standard InChI is InChI=1S/C23H29N3O3/c1-29-21-10-7-19(8-11-21)9-12-23(28)26-17-15-25(16-18-26)14-13-22(27)24-20-5-3-2-4-6-20/h2-8,10-11H,9,12-18H2,1H3,(H,24,27). The number of hydrogen-bond acceptors (Lipinski definition) is 4. The zero-order valence-electron chi connectivity index (χ0n) is 17.0. The Morgan fingerprint density at radius 3 is 2.28 bits per heavy atom. The lowest BCUT2D eigenvalue weighted by Crippen LogP contribution is -2.49. The number of carbonyl (C=O) groups is 2. The minimum Gasteiger partial charge on any atom is -0.497 e. The molecule has 0 aromatic heterocycles. The third kappa shape index (κ3) is 6.61. The summed E-state index contributed by atoms with van der Waals surface area (Å²) in [6, 6.07) is 17.4. The molecule has 29 heavy (non-hydrogen) atoms. The lowest BCUT2D eigenvalue weighted by Gasteiger charge is -2.34. The smallest absolute Gasteiger partial charge is 0.225 e. The summed E-state index contributed by atoms with van der Waals surface area (Å²) >= 11 is 0. The summed E-state index contributed by atoms with van der Waals surface area (Å²) in [6.45, 7) is 3.79. The van der Waals surface area contributed by atoms with Gasteiger partial charge in [0.1, 0.15) is 5.75 Å². The fourth-order valence-electron chi connectivity index (χ4n) is 3.43. The number of benzene rings is 2. The molecule has 1 heterocycles. The highest BCUT2D eigenvalue weighted by molar-refractivity contribution is 5.90. The van der Waals surface area contributed by atoms with E-state index in [4.69, 9.17) is 4.74 Å². The number of ether oxygens (including phenoxy) is 1. The van der Waals surface area contributed by atoms with Crippen LogP contribution in [0.4, 0.5) is 5.69 Å². The maximum Gasteiger partial charge on any atom is 0.225 e. The van der Waals surface area contributed by atoms with Crippen molar-refractivity contribution in [2.45, 2.75) is 19.3 Å². The predicted molar refractivity (Wildman–Crippen MR) is 114 cm³/mol. The topological polar surface area (TPSA) is 61.9 Å². The molecule has 1 N–H and O–H groups in total. The van der Waals surface area contributed by atoms with Crippen LogP contribution in [0.2, 0.25) is 0 Å². The minimum absolute atomic E-state index is 0.0224. The maximum atomic E-state index is 12.5. The Balaban J connectivity index is 1.34. The molecular formula is C23H29N3O3. The number of aryl methyl sites for hydroxylation is 1. The quantitative estimate of drug-likeness (QED) is 0.747. The number of anilines is 1. The lowest BCUT2D eigenvalue weighted by molar-refractivity contribution is -0.133. The molecule has 3 rings (SSSR count). The highest BCUT2D eigenvalue weighted by Gasteiger charge is 2.21. The highest BCUT2D eigenvalue weighted by Crippen LogP contribution is 2.14. The van der Waals surface area contributed by atoms with Crippen LogP contribution in [0, 0.1) is 0 Å². The van der Waals surface area contributed by atoms with Gasteiger partial charge in [-0.2, -0.15) is 0 Å². The van der Waals surface area contributed by atoms with Crippen molar-refractivity contribution in [1.29, 1.82) is 0 Å². The SMILES string of the molecule is COc1ccc(CCC(=O)N2CCN(CCC(=O)Nc3ccccc3)CC2)cc1. The first kappa shape index (κ1) is 20.9. The predicted octanol–water partition coefficient (Wildman–Crippen LogP) is 2.80. The van der Waals surface area contributed by atoms with E-state index in [-0.39, 0.29) is 11.8 Å². The van der Waals surface area contributed by atoms with Gasteiger partial charge in [-0.1, -0.05) is 30.3 Å². The third-order valence-corrected chi connectivity index (χ3v) is 5.22. The molecule has 6 nitrogen and oxygen atoms in total. The monoisotopic (exact) mass is 395 g/mol. The number of rotatable bonds is 8. The fraction of sp³-hybridized carbons (Fsp3) is 0.391. The molecule has 1 fully saturated rings. The molecule has 0 unspecified atom stereocenters. The van der Waals surface area contributed by atoms with Gasteiger partial charge in [0.2, 0.25) is 11.8 Å². The van der Waals surface area contributed by atoms with E-state index in [9.17, 15) is 9.59 Å². The van der Waals surface area contributed by atoms with E-state index in [2.05, 4.69) is 10.2 Å². The van der Waals surface area contributed by atoms with Gasteiger partial charge in [0.05, 0.1) is 7.11 Å². The van der Waals surface area contributed by atoms with Crippen molar-refractivity contribution in [3.05, 3.63) is 60.2 Å². The van der Waals surface area contributed by atoms with Gasteiger partial charge in [-0.05, 0) is 36.2 Å². The second kappa shape index (κ2) is 10.6. The number of methoxy groups -OCH3 is 1. The molecular weight excluding hydrogens is 366 g/mol. The van der Waals surface area contributed by atoms with E-state index in [0.717, 1.165) is 49.6 Å². The van der Waals surface area contributed by atoms with Gasteiger partial charge in [-0.15, -0.1) is 0 Å². The molecule has 2 amide bonds. The second-order valence-electron chi connectivity index (χ2n) is 7.23. The van der Waals surface area contributed by atoms with Gasteiger partial charge in [0.15, 0.2) is 0 Å². The third-order valence-electron chi connectivity index (χ3n) is 5.22. The van der Waals surface area contributed by atoms with Crippen molar-refractivity contribution >= 4 is 17.5 Å². The zero-order chi connectivity index (χ0) is 20.5. The first-order chi connectivity index (χ1) is 14.1. The van der Waals surface area contributed by atoms with Gasteiger partial charge in [-0.25, -0.2) is 0 Å². The molecule has 1 aliphatic heterocycles. The molecule has 0 radical (unpaired) electrons. The summed E-state index contributed by atoms with van der Waals surface area (Å²) in [5, 5.41) is 2.91. The van der Waals surface area contributed by atoms with E-state index < -0.39 is 0 Å². The molecule has 2 aromatic carbocycles. The van der Waals surface area contributed by atoms with Crippen LogP contribution < -0.4 is 10.1 Å². The van der Waals surface area contributed by atoms with Gasteiger partial charge in [-0.3, -0.25) is 14.5 Å². The minimum atomic E-state index is 0.0224. The first-order valence-electron chi connectivity index (χ1n) is 10.1. The number of nitrogens with zero attached hydrogens (tertiary/aromatic N) is 2. The molecule has 1 saturated heterocycles. The van der Waals surface area contributed by atoms with Crippen LogP contribution in [0.3, 0.4) is 0 Å². The Bertz CT molecular complexity index is 785. The van der Waals surface area contributed by atoms with Crippen molar-refractivity contribution in [3.63, 3.8) is 0 Å². The van der Waals surface area contributed by atoms with E-state index in [0.29, 0.717) is 19.4 Å². The maximum absolute atomic E-state index is 12.5. The molecule has 154 valence electrons. The molecule has 1 aliphatic rings. The van der Waals surface area contributed by atoms with Crippen LogP contribution in [0.1, 0.15) is 18.4 Å². The van der Waals surface area contributed by atoms with Crippen LogP contribution >= 0.6 is 0 Å². The number of carbonyl (C=O) groups excluding carboxylic acids is 2. The van der Waals surface area contributed by atoms with Crippen molar-refractivity contribution in [3.8, 4) is 5.75 Å². The average molecular weight is 396 g/mol. The van der Waals surface area contributed by atoms with Gasteiger partial charge >= 0.3 is 0 Å². The normalized spacial score (nSPS) is 14.4. The van der Waals surface area contributed by atoms with Crippen molar-refractivity contribution in [2.24, 2.45) is 0 Å². The van der Waals surface area contributed by atoms with Gasteiger partial charge in [0, 0.05) is 51.3 Å². The lowest BCUT2D eigenvalue weighted by atomic mass is 10.1. The summed E-state index contributed by atoms with van der Waals surface area (Å²) in [5.41, 5.74) is 1.96. The van der Waals surface area contributed by atoms with Crippen LogP contribution in [-0.2, 0) is 16.0 Å². The Hall–Kier alpha value is -2.86. The largest absolute Gasteiger partial charge is 0.497 e. The average Bonchev–Trinajstić information content (AvgIpc) is 2.77. The van der Waals surface area contributed by atoms with E-state index in [1.807, 2.05) is 59.5 Å². The number of para-hydroxylation sites is 1. The molecule has 0 bridgehead atoms. The summed E-state index contributed by atoms with van der Waals surface area (Å²) in [6.07, 6.45) is 1.72. The fourth-order valence-corrected chi connectivity index (χ4v) is 3.43. The Morgan fingerprint density at radius 1 is 0.931 bits per heavy atom. The number of amides is 2. The molecule has 0 saturated carbocycles. The number of piperazine rings is 1. The number of hydrogen-bond donors (Lipinski definition) is 1. The highest BCUT2D eigenvalue weighted by atomic mass is 16.5. The van der Waals surface area contributed by atoms with Crippen LogP contribution in [-0.4, -0.2) is 61.4 Å². The molecule has 0 spiro atoms. The van der Waals surface area contributed by atoms with Gasteiger partial charge in [0.25, 0.3) is 0 Å². The molecule has 2 aromatic rings. The first-order valence-corrected chi connectivity index (χ1v) is 10.1. The second-order valence-corrected chi connectivity index (χ2v) is 7.23. The van der Waals surface area contributed by atoms with Crippen molar-refractivity contribution in [1.82, 2.24) is 9.80 Å². The summed E-state index contributed by atoms with van der Waals surface area (Å²) in [5.74, 6) is 1.05. The summed E-state index contributed by atoms with van der Waals surface area (Å²) in [4.78, 5) is 28.7. The summed E-state index contributed by atoms with van der Waals surface area (Å²) < 4.78 is 5.16. The zero-order valence-corrected chi connectivity index (χ0v) is 17.0. The van der Waals surface area contributed by atoms with Crippen molar-refractivity contribution < 1.29 is 14.3 Å². The van der Waals surface area contributed by atoms with E-state index in [1.165, 1.54) is 0 Å². The van der Waals surface area contributed by atoms with E-state index >= 15 is 0 Å². The molecule has 0 aliphatic carbocycles. The molecule has 0 atom stereocenters. The van der Waals surface area contributed by atoms with Crippen molar-refractivity contribution in [2.75, 3.05) is 45.2 Å². The Morgan fingerprint density at radius 2 is 1.62 bits per heavy atom. The summed E-state index contributed by atoms with van der Waals surface area (Å²) in [7, 11) is 1.65. The Labute approximate surface area is 172 Å². The Kier molecular flexibility index (Phi) is 7.64. The van der Waals surface area contributed by atoms with E-state index in [1.54, 1.807) is 7.11 Å². The van der Waals surface area contributed by atoms with Crippen LogP contribution in [0.15, 0.2) is 54.6 Å². The molecule has 6 heteroatoms. The van der Waals surface area contributed by atoms with Crippen LogP contribution in [0.5, 0.6) is 5.75 Å². The van der Waals surface area contributed by atoms with Crippen LogP contribution in [0.25, 0.3) is 0 Å².